The second-order valence-electron chi connectivity index (χ2n) is 3.11. The average Bonchev–Trinajstić information content (AvgIpc) is 2.18. The van der Waals surface area contributed by atoms with Crippen LogP contribution in [0.1, 0.15) is 17.3 Å². The summed E-state index contributed by atoms with van der Waals surface area (Å²) in [5.74, 6) is -0.460. The monoisotopic (exact) mass is 224 g/mol. The Morgan fingerprint density at radius 3 is 2.67 bits per heavy atom. The lowest BCUT2D eigenvalue weighted by Gasteiger charge is -2.12. The fraction of sp³-hybridized carbons (Fsp3) is 0.200. The SMILES string of the molecule is CC(NC(=O)c1ccccc1O)C(N)=S. The maximum absolute atomic E-state index is 11.6. The summed E-state index contributed by atoms with van der Waals surface area (Å²) in [5.41, 5.74) is 5.56. The zero-order valence-corrected chi connectivity index (χ0v) is 9.04. The third-order valence-corrected chi connectivity index (χ3v) is 2.28. The molecular formula is C10H12N2O2S. The number of thiocarbonyl (C=S) groups is 1. The highest BCUT2D eigenvalue weighted by molar-refractivity contribution is 7.80. The molecule has 1 amide bonds. The predicted octanol–water partition coefficient (Wildman–Crippen LogP) is 0.797. The zero-order valence-electron chi connectivity index (χ0n) is 8.23. The van der Waals surface area contributed by atoms with E-state index in [0.717, 1.165) is 0 Å². The molecule has 0 saturated carbocycles. The average molecular weight is 224 g/mol. The first-order valence-electron chi connectivity index (χ1n) is 4.40. The van der Waals surface area contributed by atoms with E-state index in [1.807, 2.05) is 0 Å². The van der Waals surface area contributed by atoms with Crippen LogP contribution in [-0.4, -0.2) is 22.0 Å². The minimum Gasteiger partial charge on any atom is -0.507 e. The summed E-state index contributed by atoms with van der Waals surface area (Å²) < 4.78 is 0. The van der Waals surface area contributed by atoms with Crippen molar-refractivity contribution < 1.29 is 9.90 Å². The number of hydrogen-bond donors (Lipinski definition) is 3. The number of para-hydroxylation sites is 1. The van der Waals surface area contributed by atoms with E-state index in [1.54, 1.807) is 19.1 Å². The molecule has 0 aromatic heterocycles. The van der Waals surface area contributed by atoms with Crippen LogP contribution in [0.25, 0.3) is 0 Å². The molecule has 0 saturated heterocycles. The molecule has 4 N–H and O–H groups in total. The first kappa shape index (κ1) is 11.5. The smallest absolute Gasteiger partial charge is 0.255 e. The van der Waals surface area contributed by atoms with Gasteiger partial charge in [0, 0.05) is 0 Å². The topological polar surface area (TPSA) is 75.3 Å². The summed E-state index contributed by atoms with van der Waals surface area (Å²) in [7, 11) is 0. The maximum Gasteiger partial charge on any atom is 0.255 e. The molecule has 1 aromatic rings. The molecule has 0 aliphatic carbocycles. The van der Waals surface area contributed by atoms with Gasteiger partial charge in [0.1, 0.15) is 5.75 Å². The lowest BCUT2D eigenvalue weighted by molar-refractivity contribution is 0.0946. The number of aromatic hydroxyl groups is 1. The minimum atomic E-state index is -0.396. The van der Waals surface area contributed by atoms with E-state index >= 15 is 0 Å². The number of nitrogens with one attached hydrogen (secondary N) is 1. The van der Waals surface area contributed by atoms with Gasteiger partial charge >= 0.3 is 0 Å². The second kappa shape index (κ2) is 4.75. The summed E-state index contributed by atoms with van der Waals surface area (Å²) in [4.78, 5) is 11.8. The van der Waals surface area contributed by atoms with Gasteiger partial charge in [-0.25, -0.2) is 0 Å². The summed E-state index contributed by atoms with van der Waals surface area (Å²) >= 11 is 4.72. The van der Waals surface area contributed by atoms with E-state index in [-0.39, 0.29) is 16.3 Å². The van der Waals surface area contributed by atoms with Gasteiger partial charge in [-0.15, -0.1) is 0 Å². The van der Waals surface area contributed by atoms with Crippen molar-refractivity contribution in [1.29, 1.82) is 0 Å². The molecule has 0 heterocycles. The molecule has 0 radical (unpaired) electrons. The van der Waals surface area contributed by atoms with Crippen molar-refractivity contribution in [3.63, 3.8) is 0 Å². The van der Waals surface area contributed by atoms with Crippen LogP contribution in [-0.2, 0) is 0 Å². The second-order valence-corrected chi connectivity index (χ2v) is 3.59. The summed E-state index contributed by atoms with van der Waals surface area (Å²) in [5, 5.41) is 12.0. The van der Waals surface area contributed by atoms with Crippen LogP contribution in [0.15, 0.2) is 24.3 Å². The molecule has 80 valence electrons. The van der Waals surface area contributed by atoms with Gasteiger partial charge in [-0.05, 0) is 19.1 Å². The highest BCUT2D eigenvalue weighted by Gasteiger charge is 2.13. The molecule has 1 rings (SSSR count). The zero-order chi connectivity index (χ0) is 11.4. The molecule has 0 spiro atoms. The Hall–Kier alpha value is -1.62. The molecule has 5 heteroatoms. The van der Waals surface area contributed by atoms with Gasteiger partial charge in [0.25, 0.3) is 5.91 Å². The number of rotatable bonds is 3. The fourth-order valence-corrected chi connectivity index (χ4v) is 1.07. The normalized spacial score (nSPS) is 11.8. The lowest BCUT2D eigenvalue weighted by atomic mass is 10.2. The molecule has 1 atom stereocenters. The van der Waals surface area contributed by atoms with E-state index in [4.69, 9.17) is 18.0 Å². The van der Waals surface area contributed by atoms with E-state index in [9.17, 15) is 9.90 Å². The van der Waals surface area contributed by atoms with Gasteiger partial charge in [-0.2, -0.15) is 0 Å². The molecular weight excluding hydrogens is 212 g/mol. The Bertz CT molecular complexity index is 393. The van der Waals surface area contributed by atoms with Crippen LogP contribution < -0.4 is 11.1 Å². The summed E-state index contributed by atoms with van der Waals surface area (Å²) in [6.07, 6.45) is 0. The number of nitrogens with two attached hydrogens (primary N) is 1. The molecule has 0 bridgehead atoms. The lowest BCUT2D eigenvalue weighted by Crippen LogP contribution is -2.41. The Labute approximate surface area is 93.1 Å². The Morgan fingerprint density at radius 1 is 1.53 bits per heavy atom. The van der Waals surface area contributed by atoms with Crippen molar-refractivity contribution >= 4 is 23.1 Å². The molecule has 0 fully saturated rings. The minimum absolute atomic E-state index is 0.0647. The molecule has 0 aliphatic rings. The number of benzene rings is 1. The van der Waals surface area contributed by atoms with Crippen LogP contribution in [0.4, 0.5) is 0 Å². The quantitative estimate of drug-likeness (QED) is 0.664. The van der Waals surface area contributed by atoms with Crippen LogP contribution in [0, 0.1) is 0 Å². The molecule has 1 aromatic carbocycles. The number of phenolic OH excluding ortho intramolecular Hbond substituents is 1. The van der Waals surface area contributed by atoms with Crippen LogP contribution in [0.5, 0.6) is 5.75 Å². The number of phenols is 1. The Balaban J connectivity index is 2.78. The van der Waals surface area contributed by atoms with E-state index in [0.29, 0.717) is 0 Å². The van der Waals surface area contributed by atoms with Crippen LogP contribution >= 0.6 is 12.2 Å². The van der Waals surface area contributed by atoms with Gasteiger partial charge in [0.05, 0.1) is 16.6 Å². The van der Waals surface area contributed by atoms with Crippen molar-refractivity contribution in [2.75, 3.05) is 0 Å². The third kappa shape index (κ3) is 2.92. The molecule has 1 unspecified atom stereocenters. The largest absolute Gasteiger partial charge is 0.507 e. The van der Waals surface area contributed by atoms with Crippen molar-refractivity contribution in [2.45, 2.75) is 13.0 Å². The van der Waals surface area contributed by atoms with Gasteiger partial charge in [-0.3, -0.25) is 4.79 Å². The van der Waals surface area contributed by atoms with Crippen molar-refractivity contribution in [3.8, 4) is 5.75 Å². The van der Waals surface area contributed by atoms with Crippen LogP contribution in [0.2, 0.25) is 0 Å². The maximum atomic E-state index is 11.6. The first-order chi connectivity index (χ1) is 7.02. The first-order valence-corrected chi connectivity index (χ1v) is 4.81. The van der Waals surface area contributed by atoms with E-state index in [1.165, 1.54) is 12.1 Å². The Kier molecular flexibility index (Phi) is 3.62. The molecule has 4 nitrogen and oxygen atoms in total. The predicted molar refractivity (Wildman–Crippen MR) is 61.8 cm³/mol. The summed E-state index contributed by atoms with van der Waals surface area (Å²) in [6, 6.07) is 5.88. The van der Waals surface area contributed by atoms with Gasteiger partial charge in [0.15, 0.2) is 0 Å². The van der Waals surface area contributed by atoms with Gasteiger partial charge in [-0.1, -0.05) is 24.4 Å². The van der Waals surface area contributed by atoms with Crippen molar-refractivity contribution in [2.24, 2.45) is 5.73 Å². The van der Waals surface area contributed by atoms with Crippen molar-refractivity contribution in [3.05, 3.63) is 29.8 Å². The highest BCUT2D eigenvalue weighted by Crippen LogP contribution is 2.15. The third-order valence-electron chi connectivity index (χ3n) is 1.92. The summed E-state index contributed by atoms with van der Waals surface area (Å²) in [6.45, 7) is 1.68. The highest BCUT2D eigenvalue weighted by atomic mass is 32.1. The number of carbonyl (C=O) groups excluding carboxylic acids is 1. The standard InChI is InChI=1S/C10H12N2O2S/c1-6(9(11)15)12-10(14)7-4-2-3-5-8(7)13/h2-6,13H,1H3,(H2,11,15)(H,12,14). The molecule has 15 heavy (non-hydrogen) atoms. The number of carbonyl (C=O) groups is 1. The molecule has 0 aliphatic heterocycles. The van der Waals surface area contributed by atoms with Crippen molar-refractivity contribution in [1.82, 2.24) is 5.32 Å². The van der Waals surface area contributed by atoms with E-state index < -0.39 is 11.9 Å². The van der Waals surface area contributed by atoms with Crippen LogP contribution in [0.3, 0.4) is 0 Å². The fourth-order valence-electron chi connectivity index (χ4n) is 1.01. The van der Waals surface area contributed by atoms with Gasteiger partial charge < -0.3 is 16.2 Å². The van der Waals surface area contributed by atoms with Gasteiger partial charge in [0.2, 0.25) is 0 Å². The number of hydrogen-bond acceptors (Lipinski definition) is 3. The number of amides is 1. The van der Waals surface area contributed by atoms with E-state index in [2.05, 4.69) is 5.32 Å². The Morgan fingerprint density at radius 2 is 2.13 bits per heavy atom.